The van der Waals surface area contributed by atoms with Crippen LogP contribution in [0.4, 0.5) is 0 Å². The molecule has 3 atom stereocenters. The van der Waals surface area contributed by atoms with Crippen molar-refractivity contribution < 1.29 is 15.3 Å². The Balaban J connectivity index is 2.19. The van der Waals surface area contributed by atoms with Crippen LogP contribution < -0.4 is 5.32 Å². The summed E-state index contributed by atoms with van der Waals surface area (Å²) in [4.78, 5) is 0. The molecule has 21 heavy (non-hydrogen) atoms. The number of hydrogen-bond acceptors (Lipinski definition) is 4. The summed E-state index contributed by atoms with van der Waals surface area (Å²) in [6.45, 7) is -0.101. The van der Waals surface area contributed by atoms with Gasteiger partial charge in [0, 0.05) is 6.54 Å². The van der Waals surface area contributed by atoms with Crippen molar-refractivity contribution in [2.75, 3.05) is 13.2 Å². The van der Waals surface area contributed by atoms with E-state index in [1.165, 1.54) is 0 Å². The fourth-order valence-corrected chi connectivity index (χ4v) is 2.24. The van der Waals surface area contributed by atoms with Crippen LogP contribution in [0.2, 0.25) is 0 Å². The van der Waals surface area contributed by atoms with Crippen molar-refractivity contribution in [3.8, 4) is 0 Å². The maximum absolute atomic E-state index is 10.6. The molecule has 0 saturated heterocycles. The Morgan fingerprint density at radius 2 is 1.33 bits per heavy atom. The summed E-state index contributed by atoms with van der Waals surface area (Å²) in [5.41, 5.74) is 1.73. The molecule has 0 spiro atoms. The molecule has 0 amide bonds. The average Bonchev–Trinajstić information content (AvgIpc) is 2.56. The van der Waals surface area contributed by atoms with Crippen LogP contribution in [0.5, 0.6) is 0 Å². The van der Waals surface area contributed by atoms with Gasteiger partial charge in [-0.25, -0.2) is 0 Å². The number of aliphatic hydroxyl groups excluding tert-OH is 3. The minimum absolute atomic E-state index is 0.208. The van der Waals surface area contributed by atoms with E-state index in [1.807, 2.05) is 60.7 Å². The minimum atomic E-state index is -0.848. The van der Waals surface area contributed by atoms with E-state index in [0.717, 1.165) is 11.1 Å². The third-order valence-corrected chi connectivity index (χ3v) is 3.40. The zero-order chi connectivity index (χ0) is 15.1. The summed E-state index contributed by atoms with van der Waals surface area (Å²) in [6, 6.07) is 18.6. The Kier molecular flexibility index (Phi) is 5.90. The molecule has 112 valence electrons. The standard InChI is InChI=1S/C17H21NO3/c19-12-15(20)11-18-16(13-7-3-1-4-8-13)17(21)14-9-5-2-6-10-14/h1-10,15-21H,11-12H2. The Bertz CT molecular complexity index is 518. The normalized spacial score (nSPS) is 15.4. The van der Waals surface area contributed by atoms with Gasteiger partial charge in [-0.15, -0.1) is 0 Å². The molecule has 0 aliphatic heterocycles. The maximum Gasteiger partial charge on any atom is 0.0984 e. The van der Waals surface area contributed by atoms with Crippen LogP contribution in [0.25, 0.3) is 0 Å². The summed E-state index contributed by atoms with van der Waals surface area (Å²) in [6.07, 6.45) is -1.58. The largest absolute Gasteiger partial charge is 0.394 e. The van der Waals surface area contributed by atoms with Gasteiger partial charge in [0.25, 0.3) is 0 Å². The molecule has 0 heterocycles. The monoisotopic (exact) mass is 287 g/mol. The van der Waals surface area contributed by atoms with Gasteiger partial charge in [-0.2, -0.15) is 0 Å². The molecule has 0 aliphatic carbocycles. The van der Waals surface area contributed by atoms with E-state index in [9.17, 15) is 10.2 Å². The molecule has 2 aromatic rings. The maximum atomic E-state index is 10.6. The van der Waals surface area contributed by atoms with Gasteiger partial charge in [-0.3, -0.25) is 0 Å². The van der Waals surface area contributed by atoms with E-state index in [4.69, 9.17) is 5.11 Å². The van der Waals surface area contributed by atoms with Crippen molar-refractivity contribution in [3.05, 3.63) is 71.8 Å². The first-order chi connectivity index (χ1) is 10.2. The lowest BCUT2D eigenvalue weighted by Gasteiger charge is -2.26. The van der Waals surface area contributed by atoms with Gasteiger partial charge in [0.15, 0.2) is 0 Å². The highest BCUT2D eigenvalue weighted by Crippen LogP contribution is 2.28. The number of nitrogens with one attached hydrogen (secondary N) is 1. The van der Waals surface area contributed by atoms with Gasteiger partial charge in [-0.05, 0) is 11.1 Å². The summed E-state index contributed by atoms with van der Waals surface area (Å²) < 4.78 is 0. The van der Waals surface area contributed by atoms with Crippen LogP contribution in [0.1, 0.15) is 23.3 Å². The third kappa shape index (κ3) is 4.37. The number of hydrogen-bond donors (Lipinski definition) is 4. The van der Waals surface area contributed by atoms with Crippen LogP contribution in [0, 0.1) is 0 Å². The highest BCUT2D eigenvalue weighted by atomic mass is 16.3. The van der Waals surface area contributed by atoms with Crippen molar-refractivity contribution in [1.82, 2.24) is 5.32 Å². The van der Waals surface area contributed by atoms with Gasteiger partial charge in [0.1, 0.15) is 0 Å². The van der Waals surface area contributed by atoms with Crippen LogP contribution >= 0.6 is 0 Å². The molecule has 2 rings (SSSR count). The van der Waals surface area contributed by atoms with Crippen LogP contribution in [0.15, 0.2) is 60.7 Å². The van der Waals surface area contributed by atoms with E-state index in [0.29, 0.717) is 0 Å². The van der Waals surface area contributed by atoms with Gasteiger partial charge >= 0.3 is 0 Å². The number of benzene rings is 2. The molecular formula is C17H21NO3. The molecule has 0 saturated carbocycles. The Labute approximate surface area is 124 Å². The Morgan fingerprint density at radius 3 is 1.86 bits per heavy atom. The number of aliphatic hydroxyl groups is 3. The van der Waals surface area contributed by atoms with Crippen molar-refractivity contribution in [2.24, 2.45) is 0 Å². The first-order valence-corrected chi connectivity index (χ1v) is 7.02. The van der Waals surface area contributed by atoms with Crippen molar-refractivity contribution in [3.63, 3.8) is 0 Å². The van der Waals surface area contributed by atoms with Crippen molar-refractivity contribution >= 4 is 0 Å². The van der Waals surface area contributed by atoms with Crippen LogP contribution in [-0.4, -0.2) is 34.6 Å². The molecule has 4 heteroatoms. The average molecular weight is 287 g/mol. The summed E-state index contributed by atoms with van der Waals surface area (Å²) in [5, 5.41) is 32.2. The second-order valence-electron chi connectivity index (χ2n) is 4.99. The van der Waals surface area contributed by atoms with Crippen molar-refractivity contribution in [1.29, 1.82) is 0 Å². The van der Waals surface area contributed by atoms with E-state index >= 15 is 0 Å². The topological polar surface area (TPSA) is 72.7 Å². The first-order valence-electron chi connectivity index (χ1n) is 7.02. The van der Waals surface area contributed by atoms with E-state index < -0.39 is 12.2 Å². The molecular weight excluding hydrogens is 266 g/mol. The molecule has 4 nitrogen and oxygen atoms in total. The van der Waals surface area contributed by atoms with E-state index in [2.05, 4.69) is 5.32 Å². The highest BCUT2D eigenvalue weighted by molar-refractivity contribution is 5.26. The second-order valence-corrected chi connectivity index (χ2v) is 4.99. The third-order valence-electron chi connectivity index (χ3n) is 3.40. The smallest absolute Gasteiger partial charge is 0.0984 e. The summed E-state index contributed by atoms with van der Waals surface area (Å²) in [7, 11) is 0. The summed E-state index contributed by atoms with van der Waals surface area (Å²) >= 11 is 0. The molecule has 0 fully saturated rings. The predicted molar refractivity (Wildman–Crippen MR) is 81.7 cm³/mol. The number of rotatable bonds is 7. The minimum Gasteiger partial charge on any atom is -0.394 e. The summed E-state index contributed by atoms with van der Waals surface area (Å²) in [5.74, 6) is 0. The fraction of sp³-hybridized carbons (Fsp3) is 0.294. The lowest BCUT2D eigenvalue weighted by Crippen LogP contribution is -2.35. The fourth-order valence-electron chi connectivity index (χ4n) is 2.24. The van der Waals surface area contributed by atoms with Gasteiger partial charge < -0.3 is 20.6 Å². The van der Waals surface area contributed by atoms with Crippen LogP contribution in [0.3, 0.4) is 0 Å². The molecule has 0 aliphatic rings. The highest BCUT2D eigenvalue weighted by Gasteiger charge is 2.22. The predicted octanol–water partition coefficient (Wildman–Crippen LogP) is 1.40. The molecule has 0 bridgehead atoms. The van der Waals surface area contributed by atoms with Crippen LogP contribution in [-0.2, 0) is 0 Å². The van der Waals surface area contributed by atoms with Gasteiger partial charge in [0.05, 0.1) is 24.9 Å². The first kappa shape index (κ1) is 15.7. The zero-order valence-corrected chi connectivity index (χ0v) is 11.8. The molecule has 3 unspecified atom stereocenters. The Hall–Kier alpha value is -1.72. The van der Waals surface area contributed by atoms with Crippen molar-refractivity contribution in [2.45, 2.75) is 18.2 Å². The van der Waals surface area contributed by atoms with Gasteiger partial charge in [-0.1, -0.05) is 60.7 Å². The molecule has 0 radical (unpaired) electrons. The quantitative estimate of drug-likeness (QED) is 0.621. The zero-order valence-electron chi connectivity index (χ0n) is 11.8. The lowest BCUT2D eigenvalue weighted by atomic mass is 9.95. The van der Waals surface area contributed by atoms with E-state index in [-0.39, 0.29) is 19.2 Å². The molecule has 4 N–H and O–H groups in total. The lowest BCUT2D eigenvalue weighted by molar-refractivity contribution is 0.0764. The molecule has 2 aromatic carbocycles. The van der Waals surface area contributed by atoms with E-state index in [1.54, 1.807) is 0 Å². The SMILES string of the molecule is OCC(O)CNC(c1ccccc1)C(O)c1ccccc1. The molecule has 0 aromatic heterocycles. The second kappa shape index (κ2) is 7.90. The Morgan fingerprint density at radius 1 is 0.810 bits per heavy atom. The van der Waals surface area contributed by atoms with Gasteiger partial charge in [0.2, 0.25) is 0 Å².